The van der Waals surface area contributed by atoms with Crippen LogP contribution in [-0.2, 0) is 65.4 Å². The van der Waals surface area contributed by atoms with E-state index in [1.807, 2.05) is 0 Å². The lowest BCUT2D eigenvalue weighted by Crippen LogP contribution is -2.30. The van der Waals surface area contributed by atoms with Gasteiger partial charge in [-0.1, -0.05) is 439 Å². The van der Waals surface area contributed by atoms with Crippen LogP contribution in [0.2, 0.25) is 0 Å². The van der Waals surface area contributed by atoms with Crippen LogP contribution in [-0.4, -0.2) is 96.7 Å². The van der Waals surface area contributed by atoms with E-state index in [0.717, 1.165) is 89.9 Å². The van der Waals surface area contributed by atoms with Crippen molar-refractivity contribution in [2.45, 2.75) is 508 Å². The summed E-state index contributed by atoms with van der Waals surface area (Å²) in [5, 5.41) is 10.7. The molecular formula is C89H174O17P2. The van der Waals surface area contributed by atoms with Gasteiger partial charge in [-0.25, -0.2) is 9.13 Å². The molecule has 0 aromatic heterocycles. The number of hydrogen-bond donors (Lipinski definition) is 3. The van der Waals surface area contributed by atoms with Gasteiger partial charge < -0.3 is 33.8 Å². The first-order chi connectivity index (χ1) is 52.7. The molecule has 0 aliphatic heterocycles. The van der Waals surface area contributed by atoms with Crippen molar-refractivity contribution in [3.05, 3.63) is 0 Å². The molecule has 0 spiro atoms. The minimum absolute atomic E-state index is 0.109. The highest BCUT2D eigenvalue weighted by Gasteiger charge is 2.30. The summed E-state index contributed by atoms with van der Waals surface area (Å²) in [6, 6.07) is 0. The van der Waals surface area contributed by atoms with E-state index >= 15 is 0 Å². The molecule has 108 heavy (non-hydrogen) atoms. The molecule has 0 rings (SSSR count). The van der Waals surface area contributed by atoms with Gasteiger partial charge >= 0.3 is 39.5 Å². The second kappa shape index (κ2) is 83.0. The number of aliphatic hydroxyl groups is 1. The van der Waals surface area contributed by atoms with E-state index < -0.39 is 97.5 Å². The first kappa shape index (κ1) is 106. The fourth-order valence-corrected chi connectivity index (χ4v) is 15.6. The minimum Gasteiger partial charge on any atom is -0.462 e. The first-order valence-corrected chi connectivity index (χ1v) is 49.3. The number of phosphoric acid groups is 2. The first-order valence-electron chi connectivity index (χ1n) is 46.3. The number of rotatable bonds is 90. The van der Waals surface area contributed by atoms with E-state index in [1.54, 1.807) is 0 Å². The summed E-state index contributed by atoms with van der Waals surface area (Å²) < 4.78 is 68.9. The Morgan fingerprint density at radius 2 is 0.370 bits per heavy atom. The smallest absolute Gasteiger partial charge is 0.462 e. The third kappa shape index (κ3) is 82.1. The van der Waals surface area contributed by atoms with Crippen molar-refractivity contribution >= 4 is 39.5 Å². The SMILES string of the molecule is CCCCCCCCCCCCCCCCCCCCCCCCC(=O)O[C@H](COC(=O)CCCCCCCCCCCCCCCCCCCCC)COP(=O)(O)OC[C@@H](O)COP(=O)(O)OC[C@@H](COC(=O)CCCCCCCCCCC)OC(=O)CCCCCCCCCCCCCCCCCCCC. The molecule has 2 unspecified atom stereocenters. The average Bonchev–Trinajstić information content (AvgIpc) is 0.900. The van der Waals surface area contributed by atoms with Crippen LogP contribution >= 0.6 is 15.6 Å². The van der Waals surface area contributed by atoms with E-state index in [1.165, 1.54) is 321 Å². The van der Waals surface area contributed by atoms with Crippen molar-refractivity contribution in [2.75, 3.05) is 39.6 Å². The zero-order chi connectivity index (χ0) is 78.9. The van der Waals surface area contributed by atoms with E-state index in [0.29, 0.717) is 25.7 Å². The van der Waals surface area contributed by atoms with Crippen molar-refractivity contribution in [3.8, 4) is 0 Å². The zero-order valence-electron chi connectivity index (χ0n) is 70.8. The van der Waals surface area contributed by atoms with Gasteiger partial charge in [0.05, 0.1) is 26.4 Å². The van der Waals surface area contributed by atoms with Crippen molar-refractivity contribution in [1.29, 1.82) is 0 Å². The Hall–Kier alpha value is -1.94. The second-order valence-corrected chi connectivity index (χ2v) is 34.9. The summed E-state index contributed by atoms with van der Waals surface area (Å²) in [5.74, 6) is -2.10. The highest BCUT2D eigenvalue weighted by Crippen LogP contribution is 2.45. The molecule has 0 aromatic carbocycles. The van der Waals surface area contributed by atoms with Crippen LogP contribution in [0.4, 0.5) is 0 Å². The molecule has 5 atom stereocenters. The molecule has 0 saturated heterocycles. The van der Waals surface area contributed by atoms with Gasteiger partial charge in [0.1, 0.15) is 19.3 Å². The number of esters is 4. The molecule has 0 aliphatic rings. The molecule has 0 radical (unpaired) electrons. The number of ether oxygens (including phenoxy) is 4. The molecule has 0 aliphatic carbocycles. The molecular weight excluding hydrogens is 1400 g/mol. The van der Waals surface area contributed by atoms with Crippen LogP contribution in [0.15, 0.2) is 0 Å². The van der Waals surface area contributed by atoms with Crippen LogP contribution in [0.3, 0.4) is 0 Å². The molecule has 642 valence electrons. The van der Waals surface area contributed by atoms with Gasteiger partial charge in [-0.05, 0) is 25.7 Å². The molecule has 19 heteroatoms. The number of aliphatic hydroxyl groups excluding tert-OH is 1. The summed E-state index contributed by atoms with van der Waals surface area (Å²) in [5.41, 5.74) is 0. The highest BCUT2D eigenvalue weighted by atomic mass is 31.2. The topological polar surface area (TPSA) is 237 Å². The largest absolute Gasteiger partial charge is 0.472 e. The van der Waals surface area contributed by atoms with Gasteiger partial charge in [-0.3, -0.25) is 37.3 Å². The van der Waals surface area contributed by atoms with Crippen LogP contribution in [0.25, 0.3) is 0 Å². The molecule has 0 fully saturated rings. The Balaban J connectivity index is 5.19. The monoisotopic (exact) mass is 1580 g/mol. The van der Waals surface area contributed by atoms with Crippen LogP contribution < -0.4 is 0 Å². The lowest BCUT2D eigenvalue weighted by atomic mass is 10.0. The van der Waals surface area contributed by atoms with Crippen molar-refractivity contribution in [3.63, 3.8) is 0 Å². The van der Waals surface area contributed by atoms with Gasteiger partial charge in [0.25, 0.3) is 0 Å². The van der Waals surface area contributed by atoms with E-state index in [9.17, 15) is 43.2 Å². The fourth-order valence-electron chi connectivity index (χ4n) is 14.1. The maximum Gasteiger partial charge on any atom is 0.472 e. The zero-order valence-corrected chi connectivity index (χ0v) is 72.6. The van der Waals surface area contributed by atoms with Crippen LogP contribution in [0.1, 0.15) is 490 Å². The fraction of sp³-hybridized carbons (Fsp3) is 0.955. The lowest BCUT2D eigenvalue weighted by Gasteiger charge is -2.21. The van der Waals surface area contributed by atoms with Gasteiger partial charge in [0.15, 0.2) is 12.2 Å². The number of unbranched alkanes of at least 4 members (excludes halogenated alkanes) is 64. The number of carbonyl (C=O) groups excluding carboxylic acids is 4. The van der Waals surface area contributed by atoms with Crippen molar-refractivity contribution < 1.29 is 80.2 Å². The molecule has 0 heterocycles. The Morgan fingerprint density at radius 1 is 0.222 bits per heavy atom. The Morgan fingerprint density at radius 3 is 0.546 bits per heavy atom. The predicted octanol–water partition coefficient (Wildman–Crippen LogP) is 27.7. The van der Waals surface area contributed by atoms with Gasteiger partial charge in [-0.2, -0.15) is 0 Å². The molecule has 0 amide bonds. The van der Waals surface area contributed by atoms with Gasteiger partial charge in [0.2, 0.25) is 0 Å². The number of phosphoric ester groups is 2. The average molecular weight is 1580 g/mol. The minimum atomic E-state index is -4.97. The molecule has 0 saturated carbocycles. The summed E-state index contributed by atoms with van der Waals surface area (Å²) in [6.07, 6.45) is 79.4. The van der Waals surface area contributed by atoms with E-state index in [4.69, 9.17) is 37.0 Å². The summed E-state index contributed by atoms with van der Waals surface area (Å²) >= 11 is 0. The number of hydrogen-bond acceptors (Lipinski definition) is 15. The number of carbonyl (C=O) groups is 4. The summed E-state index contributed by atoms with van der Waals surface area (Å²) in [6.45, 7) is 5.06. The maximum absolute atomic E-state index is 13.2. The third-order valence-electron chi connectivity index (χ3n) is 21.1. The van der Waals surface area contributed by atoms with Crippen molar-refractivity contribution in [1.82, 2.24) is 0 Å². The molecule has 0 bridgehead atoms. The normalized spacial score (nSPS) is 13.7. The second-order valence-electron chi connectivity index (χ2n) is 32.0. The van der Waals surface area contributed by atoms with Crippen LogP contribution in [0, 0.1) is 0 Å². The highest BCUT2D eigenvalue weighted by molar-refractivity contribution is 7.47. The Labute approximate surface area is 664 Å². The third-order valence-corrected chi connectivity index (χ3v) is 23.0. The van der Waals surface area contributed by atoms with E-state index in [-0.39, 0.29) is 25.7 Å². The lowest BCUT2D eigenvalue weighted by molar-refractivity contribution is -0.161. The van der Waals surface area contributed by atoms with Gasteiger partial charge in [0, 0.05) is 25.7 Å². The molecule has 17 nitrogen and oxygen atoms in total. The van der Waals surface area contributed by atoms with Gasteiger partial charge in [-0.15, -0.1) is 0 Å². The van der Waals surface area contributed by atoms with Crippen molar-refractivity contribution in [2.24, 2.45) is 0 Å². The van der Waals surface area contributed by atoms with Crippen LogP contribution in [0.5, 0.6) is 0 Å². The molecule has 0 aromatic rings. The standard InChI is InChI=1S/C89H174O17P2/c1-5-9-13-17-21-25-28-31-34-37-40-41-42-44-47-50-53-56-60-64-68-72-76-89(94)106-85(80-100-87(92)74-70-66-62-58-54-51-48-46-43-38-35-32-29-26-22-18-14-10-6-2)82-104-108(97,98)102-78-83(90)77-101-107(95,96)103-81-84(79-99-86(91)73-69-65-61-57-24-20-16-12-8-4)105-88(93)75-71-67-63-59-55-52-49-45-39-36-33-30-27-23-19-15-11-7-3/h83-85,90H,5-82H2,1-4H3,(H,95,96)(H,97,98)/t83-,84+,85+/m0/s1. The quantitative estimate of drug-likeness (QED) is 0.0222. The van der Waals surface area contributed by atoms with E-state index in [2.05, 4.69) is 27.7 Å². The summed E-state index contributed by atoms with van der Waals surface area (Å²) in [7, 11) is -9.93. The Bertz CT molecular complexity index is 2030. The maximum atomic E-state index is 13.2. The Kier molecular flexibility index (Phi) is 81.5. The predicted molar refractivity (Wildman–Crippen MR) is 446 cm³/mol. The molecule has 3 N–H and O–H groups in total. The summed E-state index contributed by atoms with van der Waals surface area (Å²) in [4.78, 5) is 73.3.